The maximum Gasteiger partial charge on any atom is 0.331 e. The smallest absolute Gasteiger partial charge is 0.331 e. The molecule has 40 heavy (non-hydrogen) atoms. The fourth-order valence-corrected chi connectivity index (χ4v) is 7.61. The molecule has 214 valence electrons. The normalized spacial score (nSPS) is 25.2. The molecule has 4 aliphatic rings. The Morgan fingerprint density at radius 3 is 2.15 bits per heavy atom. The lowest BCUT2D eigenvalue weighted by atomic mass is 9.48. The highest BCUT2D eigenvalue weighted by Gasteiger charge is 2.52. The molecule has 0 aliphatic heterocycles. The monoisotopic (exact) mass is 544 g/mol. The van der Waals surface area contributed by atoms with Crippen molar-refractivity contribution in [1.82, 2.24) is 0 Å². The molecular weight excluding hydrogens is 500 g/mol. The van der Waals surface area contributed by atoms with E-state index in [0.717, 1.165) is 34.6 Å². The summed E-state index contributed by atoms with van der Waals surface area (Å²) in [7, 11) is 0. The lowest BCUT2D eigenvalue weighted by molar-refractivity contribution is -0.148. The average molecular weight is 545 g/mol. The molecule has 0 amide bonds. The third-order valence-electron chi connectivity index (χ3n) is 8.74. The molecule has 0 heterocycles. The van der Waals surface area contributed by atoms with Crippen LogP contribution in [0.1, 0.15) is 90.2 Å². The van der Waals surface area contributed by atoms with Gasteiger partial charge < -0.3 is 14.2 Å². The Labute approximate surface area is 239 Å². The molecule has 4 aliphatic carbocycles. The van der Waals surface area contributed by atoms with E-state index >= 15 is 0 Å². The van der Waals surface area contributed by atoms with Gasteiger partial charge in [0.25, 0.3) is 0 Å². The zero-order chi connectivity index (χ0) is 28.3. The van der Waals surface area contributed by atoms with Gasteiger partial charge in [0.2, 0.25) is 0 Å². The highest BCUT2D eigenvalue weighted by molar-refractivity contribution is 5.87. The number of carbonyl (C=O) groups excluding carboxylic acids is 2. The number of esters is 2. The van der Waals surface area contributed by atoms with E-state index < -0.39 is 5.60 Å². The van der Waals surface area contributed by atoms with E-state index in [1.165, 1.54) is 55.7 Å². The van der Waals surface area contributed by atoms with Crippen LogP contribution >= 0.6 is 0 Å². The van der Waals surface area contributed by atoms with Crippen molar-refractivity contribution in [2.75, 3.05) is 13.2 Å². The third kappa shape index (κ3) is 6.79. The number of ether oxygens (including phenoxy) is 3. The summed E-state index contributed by atoms with van der Waals surface area (Å²) in [5.41, 5.74) is 4.33. The number of hydrogen-bond acceptors (Lipinski definition) is 5. The first-order valence-corrected chi connectivity index (χ1v) is 15.1. The Morgan fingerprint density at radius 2 is 1.55 bits per heavy atom. The highest BCUT2D eigenvalue weighted by atomic mass is 16.6. The van der Waals surface area contributed by atoms with Gasteiger partial charge in [-0.05, 0) is 131 Å². The van der Waals surface area contributed by atoms with Crippen molar-refractivity contribution in [1.29, 1.82) is 0 Å². The first-order chi connectivity index (χ1) is 19.1. The van der Waals surface area contributed by atoms with Gasteiger partial charge in [-0.25, -0.2) is 4.79 Å². The maximum atomic E-state index is 12.1. The van der Waals surface area contributed by atoms with Crippen LogP contribution in [0.4, 0.5) is 0 Å². The molecule has 5 heteroatoms. The largest absolute Gasteiger partial charge is 0.493 e. The van der Waals surface area contributed by atoms with Crippen LogP contribution in [0.15, 0.2) is 48.5 Å². The minimum atomic E-state index is -0.504. The van der Waals surface area contributed by atoms with E-state index in [9.17, 15) is 9.59 Å². The van der Waals surface area contributed by atoms with E-state index in [2.05, 4.69) is 30.3 Å². The average Bonchev–Trinajstić information content (AvgIpc) is 2.89. The molecule has 4 bridgehead atoms. The lowest BCUT2D eigenvalue weighted by Gasteiger charge is -2.57. The van der Waals surface area contributed by atoms with Crippen molar-refractivity contribution in [3.8, 4) is 16.9 Å². The van der Waals surface area contributed by atoms with E-state index in [-0.39, 0.29) is 17.4 Å². The lowest BCUT2D eigenvalue weighted by Crippen LogP contribution is -2.48. The second-order valence-electron chi connectivity index (χ2n) is 13.2. The van der Waals surface area contributed by atoms with Crippen molar-refractivity contribution >= 4 is 18.0 Å². The quantitative estimate of drug-likeness (QED) is 0.173. The molecule has 0 radical (unpaired) electrons. The standard InChI is InChI=1S/C35H44O5/c1-5-38-32(36)7-6-16-39-31-14-13-29(20-30(31)35-21-25-17-26(22-35)19-27(18-25)23-35)28-11-8-24(9-12-28)10-15-33(37)40-34(2,3)4/h8-15,20,25-27H,5-7,16-19,21-23H2,1-4H3. The molecule has 4 fully saturated rings. The summed E-state index contributed by atoms with van der Waals surface area (Å²) in [5.74, 6) is 2.99. The fourth-order valence-electron chi connectivity index (χ4n) is 7.61. The van der Waals surface area contributed by atoms with Crippen LogP contribution in [0.5, 0.6) is 5.75 Å². The van der Waals surface area contributed by atoms with Gasteiger partial charge in [-0.15, -0.1) is 0 Å². The Hall–Kier alpha value is -3.08. The van der Waals surface area contributed by atoms with E-state index in [0.29, 0.717) is 26.1 Å². The van der Waals surface area contributed by atoms with Gasteiger partial charge >= 0.3 is 11.9 Å². The SMILES string of the molecule is CCOC(=O)CCCOc1ccc(-c2ccc(C=CC(=O)OC(C)(C)C)cc2)cc1C12CC3CC(CC(C3)C1)C2. The van der Waals surface area contributed by atoms with E-state index in [4.69, 9.17) is 14.2 Å². The first-order valence-electron chi connectivity index (χ1n) is 15.1. The van der Waals surface area contributed by atoms with E-state index in [1.807, 2.05) is 39.8 Å². The summed E-state index contributed by atoms with van der Waals surface area (Å²) in [6.45, 7) is 8.36. The number of carbonyl (C=O) groups is 2. The van der Waals surface area contributed by atoms with Crippen LogP contribution in [0.3, 0.4) is 0 Å². The molecule has 6 rings (SSSR count). The van der Waals surface area contributed by atoms with Gasteiger partial charge in [0, 0.05) is 18.1 Å². The van der Waals surface area contributed by atoms with Gasteiger partial charge in [-0.2, -0.15) is 0 Å². The van der Waals surface area contributed by atoms with Crippen LogP contribution in [0, 0.1) is 17.8 Å². The molecule has 0 saturated heterocycles. The third-order valence-corrected chi connectivity index (χ3v) is 8.74. The zero-order valence-electron chi connectivity index (χ0n) is 24.5. The van der Waals surface area contributed by atoms with Gasteiger partial charge in [-0.3, -0.25) is 4.79 Å². The molecule has 5 nitrogen and oxygen atoms in total. The second kappa shape index (κ2) is 11.8. The Balaban J connectivity index is 1.36. The molecule has 0 spiro atoms. The summed E-state index contributed by atoms with van der Waals surface area (Å²) < 4.78 is 16.8. The molecular formula is C35H44O5. The van der Waals surface area contributed by atoms with Crippen LogP contribution in [0.25, 0.3) is 17.2 Å². The van der Waals surface area contributed by atoms with Crippen LogP contribution in [-0.4, -0.2) is 30.8 Å². The van der Waals surface area contributed by atoms with Crippen LogP contribution < -0.4 is 4.74 Å². The van der Waals surface area contributed by atoms with E-state index in [1.54, 1.807) is 6.08 Å². The summed E-state index contributed by atoms with van der Waals surface area (Å²) in [6.07, 6.45) is 12.3. The second-order valence-corrected chi connectivity index (χ2v) is 13.2. The van der Waals surface area contributed by atoms with Gasteiger partial charge in [0.05, 0.1) is 13.2 Å². The number of hydrogen-bond donors (Lipinski definition) is 0. The molecule has 0 unspecified atom stereocenters. The first kappa shape index (κ1) is 28.4. The fraction of sp³-hybridized carbons (Fsp3) is 0.543. The molecule has 4 saturated carbocycles. The topological polar surface area (TPSA) is 61.8 Å². The van der Waals surface area contributed by atoms with Crippen molar-refractivity contribution < 1.29 is 23.8 Å². The summed E-state index contributed by atoms with van der Waals surface area (Å²) in [6, 6.07) is 15.0. The van der Waals surface area contributed by atoms with Gasteiger partial charge in [-0.1, -0.05) is 30.3 Å². The van der Waals surface area contributed by atoms with Crippen LogP contribution in [-0.2, 0) is 24.5 Å². The minimum absolute atomic E-state index is 0.160. The zero-order valence-corrected chi connectivity index (χ0v) is 24.5. The Morgan fingerprint density at radius 1 is 0.925 bits per heavy atom. The minimum Gasteiger partial charge on any atom is -0.493 e. The highest BCUT2D eigenvalue weighted by Crippen LogP contribution is 2.62. The number of benzene rings is 2. The molecule has 0 aromatic heterocycles. The molecule has 2 aromatic carbocycles. The number of rotatable bonds is 10. The summed E-state index contributed by atoms with van der Waals surface area (Å²) in [5, 5.41) is 0. The van der Waals surface area contributed by atoms with Gasteiger partial charge in [0.15, 0.2) is 0 Å². The molecule has 2 aromatic rings. The Kier molecular flexibility index (Phi) is 8.39. The molecule has 0 atom stereocenters. The summed E-state index contributed by atoms with van der Waals surface area (Å²) in [4.78, 5) is 23.9. The predicted octanol–water partition coefficient (Wildman–Crippen LogP) is 7.90. The van der Waals surface area contributed by atoms with Gasteiger partial charge in [0.1, 0.15) is 11.4 Å². The Bertz CT molecular complexity index is 1200. The maximum absolute atomic E-state index is 12.1. The van der Waals surface area contributed by atoms with Crippen LogP contribution in [0.2, 0.25) is 0 Å². The van der Waals surface area contributed by atoms with Crippen molar-refractivity contribution in [3.63, 3.8) is 0 Å². The van der Waals surface area contributed by atoms with Crippen molar-refractivity contribution in [2.24, 2.45) is 17.8 Å². The van der Waals surface area contributed by atoms with Crippen molar-refractivity contribution in [3.05, 3.63) is 59.7 Å². The predicted molar refractivity (Wildman–Crippen MR) is 158 cm³/mol. The van der Waals surface area contributed by atoms with Crippen molar-refractivity contribution in [2.45, 2.75) is 90.1 Å². The molecule has 0 N–H and O–H groups in total. The summed E-state index contributed by atoms with van der Waals surface area (Å²) >= 11 is 0.